The summed E-state index contributed by atoms with van der Waals surface area (Å²) in [6, 6.07) is 66.7. The minimum absolute atomic E-state index is 0.871. The number of nitrogens with zero attached hydrogens (tertiary/aromatic N) is 1. The van der Waals surface area contributed by atoms with E-state index in [1.807, 2.05) is 6.20 Å². The van der Waals surface area contributed by atoms with Gasteiger partial charge >= 0.3 is 0 Å². The van der Waals surface area contributed by atoms with Gasteiger partial charge in [-0.2, -0.15) is 0 Å². The van der Waals surface area contributed by atoms with E-state index < -0.39 is 24.1 Å². The maximum absolute atomic E-state index is 5.36. The van der Waals surface area contributed by atoms with Gasteiger partial charge < -0.3 is 0 Å². The van der Waals surface area contributed by atoms with E-state index in [-0.39, 0.29) is 0 Å². The molecule has 3 heterocycles. The Bertz CT molecular complexity index is 1940. The van der Waals surface area contributed by atoms with E-state index in [9.17, 15) is 0 Å². The first-order valence-electron chi connectivity index (χ1n) is 15.6. The second-order valence-electron chi connectivity index (χ2n) is 11.9. The van der Waals surface area contributed by atoms with Crippen molar-refractivity contribution in [2.24, 2.45) is 0 Å². The Hall–Kier alpha value is -4.67. The smallest absolute Gasteiger partial charge is 0.182 e. The Kier molecular flexibility index (Phi) is 6.21. The number of hydrogen-bond donors (Lipinski definition) is 0. The van der Waals surface area contributed by atoms with Crippen molar-refractivity contribution in [2.45, 2.75) is 0 Å². The summed E-state index contributed by atoms with van der Waals surface area (Å²) in [4.78, 5) is 5.36. The molecule has 0 saturated carbocycles. The van der Waals surface area contributed by atoms with Crippen molar-refractivity contribution in [1.82, 2.24) is 4.98 Å². The zero-order valence-electron chi connectivity index (χ0n) is 24.7. The van der Waals surface area contributed by atoms with Crippen LogP contribution in [0.3, 0.4) is 0 Å². The fourth-order valence-corrected chi connectivity index (χ4v) is 23.8. The van der Waals surface area contributed by atoms with Gasteiger partial charge in [-0.25, -0.2) is 0 Å². The van der Waals surface area contributed by atoms with E-state index in [0.717, 1.165) is 0 Å². The highest BCUT2D eigenvalue weighted by atomic mass is 31.1. The first-order chi connectivity index (χ1) is 22.4. The molecule has 212 valence electrons. The molecule has 1 aromatic heterocycles. The zero-order valence-corrected chi connectivity index (χ0v) is 27.6. The number of aromatic nitrogens is 1. The van der Waals surface area contributed by atoms with Gasteiger partial charge in [0, 0.05) is 14.1 Å². The second-order valence-corrected chi connectivity index (χ2v) is 21.4. The Morgan fingerprint density at radius 2 is 0.756 bits per heavy atom. The maximum atomic E-state index is 5.36. The molecule has 45 heavy (non-hydrogen) atoms. The highest BCUT2D eigenvalue weighted by Crippen LogP contribution is 2.37. The molecule has 0 saturated heterocycles. The van der Waals surface area contributed by atoms with Crippen LogP contribution in [0.15, 0.2) is 182 Å². The largest absolute Gasteiger partial charge is 0.256 e. The number of fused-ring (bicyclic) bond motifs is 4. The molecule has 2 aliphatic rings. The van der Waals surface area contributed by atoms with Gasteiger partial charge in [-0.3, -0.25) is 4.98 Å². The van der Waals surface area contributed by atoms with E-state index in [4.69, 9.17) is 4.98 Å². The van der Waals surface area contributed by atoms with Gasteiger partial charge in [0.2, 0.25) is 0 Å². The van der Waals surface area contributed by atoms with E-state index in [0.29, 0.717) is 0 Å². The average molecular weight is 624 g/mol. The molecule has 0 fully saturated rings. The molecular formula is C41H30NPSi2. The lowest BCUT2D eigenvalue weighted by Gasteiger charge is -2.49. The Morgan fingerprint density at radius 3 is 1.27 bits per heavy atom. The molecule has 0 spiro atoms. The lowest BCUT2D eigenvalue weighted by molar-refractivity contribution is 1.40. The summed E-state index contributed by atoms with van der Waals surface area (Å²) in [7, 11) is -6.32. The van der Waals surface area contributed by atoms with Gasteiger partial charge in [-0.1, -0.05) is 170 Å². The molecule has 0 bridgehead atoms. The van der Waals surface area contributed by atoms with Gasteiger partial charge in [0.15, 0.2) is 16.1 Å². The normalized spacial score (nSPS) is 16.6. The van der Waals surface area contributed by atoms with Crippen LogP contribution in [0.25, 0.3) is 0 Å². The Morgan fingerprint density at radius 1 is 0.356 bits per heavy atom. The molecule has 0 amide bonds. The Labute approximate surface area is 267 Å². The molecular weight excluding hydrogens is 594 g/mol. The number of rotatable bonds is 4. The van der Waals surface area contributed by atoms with Gasteiger partial charge in [0.1, 0.15) is 0 Å². The third kappa shape index (κ3) is 3.60. The second kappa shape index (κ2) is 10.5. The van der Waals surface area contributed by atoms with Crippen molar-refractivity contribution in [3.05, 3.63) is 182 Å². The van der Waals surface area contributed by atoms with Crippen molar-refractivity contribution >= 4 is 81.6 Å². The lowest BCUT2D eigenvalue weighted by Crippen LogP contribution is -2.88. The lowest BCUT2D eigenvalue weighted by atomic mass is 10.3. The van der Waals surface area contributed by atoms with Crippen LogP contribution in [-0.4, -0.2) is 21.1 Å². The SMILES string of the molecule is c1ccc([Si]2(c3ccccc3)c3ccccc3P3c4ncccc4[Si](c4ccccc4)(c4ccccc4)c4cccc2c43)cc1. The third-order valence-corrected chi connectivity index (χ3v) is 23.0. The topological polar surface area (TPSA) is 12.9 Å². The molecule has 0 radical (unpaired) electrons. The molecule has 9 rings (SSSR count). The van der Waals surface area contributed by atoms with Gasteiger partial charge in [0.25, 0.3) is 0 Å². The number of benzene rings is 6. The first-order valence-corrected chi connectivity index (χ1v) is 20.9. The highest BCUT2D eigenvalue weighted by Gasteiger charge is 2.56. The molecule has 1 atom stereocenters. The van der Waals surface area contributed by atoms with E-state index in [1.54, 1.807) is 5.30 Å². The van der Waals surface area contributed by atoms with Crippen LogP contribution >= 0.6 is 7.92 Å². The summed E-state index contributed by atoms with van der Waals surface area (Å²) in [6.07, 6.45) is 2.03. The third-order valence-electron chi connectivity index (χ3n) is 9.85. The molecule has 6 aromatic carbocycles. The van der Waals surface area contributed by atoms with Gasteiger partial charge in [-0.15, -0.1) is 0 Å². The number of pyridine rings is 1. The minimum Gasteiger partial charge on any atom is -0.256 e. The summed E-state index contributed by atoms with van der Waals surface area (Å²) >= 11 is 0. The highest BCUT2D eigenvalue weighted by molar-refractivity contribution is 7.83. The van der Waals surface area contributed by atoms with Crippen LogP contribution in [0.1, 0.15) is 0 Å². The van der Waals surface area contributed by atoms with Crippen molar-refractivity contribution < 1.29 is 0 Å². The fraction of sp³-hybridized carbons (Fsp3) is 0. The summed E-state index contributed by atoms with van der Waals surface area (Å²) in [5.74, 6) is 0. The van der Waals surface area contributed by atoms with Crippen LogP contribution in [0.2, 0.25) is 0 Å². The molecule has 2 aliphatic heterocycles. The van der Waals surface area contributed by atoms with Crippen LogP contribution in [-0.2, 0) is 0 Å². The quantitative estimate of drug-likeness (QED) is 0.217. The van der Waals surface area contributed by atoms with Crippen molar-refractivity contribution in [3.63, 3.8) is 0 Å². The van der Waals surface area contributed by atoms with E-state index in [2.05, 4.69) is 176 Å². The standard InChI is InChI=1S/C41H30NPSi2/c1-5-17-31(18-6-1)44(32-19-7-2-8-20-32)36-26-14-13-25-35(36)43-40-37(44)27-15-28-38(40)45(33-21-9-3-10-22-33,34-23-11-4-12-24-34)39-29-16-30-42-41(39)43/h1-30H. The molecule has 1 nitrogen and oxygen atoms in total. The fourth-order valence-electron chi connectivity index (χ4n) is 8.20. The summed E-state index contributed by atoms with van der Waals surface area (Å²) in [6.45, 7) is 0. The van der Waals surface area contributed by atoms with Crippen LogP contribution in [0.4, 0.5) is 0 Å². The molecule has 1 unspecified atom stereocenters. The maximum Gasteiger partial charge on any atom is 0.182 e. The molecule has 7 aromatic rings. The zero-order chi connectivity index (χ0) is 29.8. The molecule has 4 heteroatoms. The van der Waals surface area contributed by atoms with Crippen molar-refractivity contribution in [3.8, 4) is 0 Å². The molecule has 0 aliphatic carbocycles. The first kappa shape index (κ1) is 26.7. The summed E-state index contributed by atoms with van der Waals surface area (Å²) in [5.41, 5.74) is 1.28. The number of hydrogen-bond acceptors (Lipinski definition) is 1. The summed E-state index contributed by atoms with van der Waals surface area (Å²) < 4.78 is 0. The van der Waals surface area contributed by atoms with Gasteiger partial charge in [0.05, 0.1) is 5.44 Å². The van der Waals surface area contributed by atoms with E-state index >= 15 is 0 Å². The van der Waals surface area contributed by atoms with E-state index in [1.165, 1.54) is 52.2 Å². The Balaban J connectivity index is 1.52. The minimum atomic E-state index is -2.74. The van der Waals surface area contributed by atoms with Crippen LogP contribution in [0, 0.1) is 0 Å². The van der Waals surface area contributed by atoms with Gasteiger partial charge in [-0.05, 0) is 58.2 Å². The summed E-state index contributed by atoms with van der Waals surface area (Å²) in [5, 5.41) is 14.7. The van der Waals surface area contributed by atoms with Crippen LogP contribution in [0.5, 0.6) is 0 Å². The van der Waals surface area contributed by atoms with Crippen LogP contribution < -0.4 is 57.5 Å². The predicted octanol–water partition coefficient (Wildman–Crippen LogP) is 2.22. The predicted molar refractivity (Wildman–Crippen MR) is 197 cm³/mol. The average Bonchev–Trinajstić information content (AvgIpc) is 3.13. The van der Waals surface area contributed by atoms with Crippen molar-refractivity contribution in [1.29, 1.82) is 0 Å². The molecule has 0 N–H and O–H groups in total. The monoisotopic (exact) mass is 623 g/mol. The van der Waals surface area contributed by atoms with Crippen molar-refractivity contribution in [2.75, 3.05) is 0 Å².